The predicted molar refractivity (Wildman–Crippen MR) is 68.7 cm³/mol. The van der Waals surface area contributed by atoms with Gasteiger partial charge in [-0.05, 0) is 34.7 Å². The third-order valence-corrected chi connectivity index (χ3v) is 4.26. The second-order valence-corrected chi connectivity index (χ2v) is 5.31. The van der Waals surface area contributed by atoms with Crippen molar-refractivity contribution in [2.24, 2.45) is 0 Å². The molecule has 1 aromatic heterocycles. The molecule has 0 saturated heterocycles. The van der Waals surface area contributed by atoms with E-state index in [4.69, 9.17) is 22.6 Å². The van der Waals surface area contributed by atoms with Gasteiger partial charge in [-0.15, -0.1) is 11.3 Å². The summed E-state index contributed by atoms with van der Waals surface area (Å²) in [6, 6.07) is 5.82. The summed E-state index contributed by atoms with van der Waals surface area (Å²) in [4.78, 5) is 0. The average Bonchev–Trinajstić information content (AvgIpc) is 2.50. The number of rotatable bonds is 0. The number of halogens is 2. The van der Waals surface area contributed by atoms with Gasteiger partial charge in [-0.1, -0.05) is 11.6 Å². The third kappa shape index (κ3) is 1.36. The molecule has 0 bridgehead atoms. The first kappa shape index (κ1) is 10.0. The number of anilines is 1. The smallest absolute Gasteiger partial charge is 0.105 e. The van der Waals surface area contributed by atoms with Crippen LogP contribution in [0.2, 0.25) is 5.02 Å². The fourth-order valence-electron chi connectivity index (χ4n) is 1.26. The molecule has 5 heteroatoms. The first-order chi connectivity index (χ1) is 6.65. The zero-order valence-corrected chi connectivity index (χ0v) is 10.6. The molecule has 2 nitrogen and oxygen atoms in total. The summed E-state index contributed by atoms with van der Waals surface area (Å²) < 4.78 is 1.90. The number of hydrogen-bond acceptors (Lipinski definition) is 3. The lowest BCUT2D eigenvalue weighted by molar-refractivity contribution is 1.51. The molecule has 0 radical (unpaired) electrons. The van der Waals surface area contributed by atoms with Crippen LogP contribution in [0.5, 0.6) is 0 Å². The molecule has 0 aliphatic carbocycles. The lowest BCUT2D eigenvalue weighted by atomic mass is 10.2. The van der Waals surface area contributed by atoms with E-state index in [0.717, 1.165) is 13.7 Å². The normalized spacial score (nSPS) is 10.4. The molecule has 70 valence electrons. The second-order valence-electron chi connectivity index (χ2n) is 2.69. The Labute approximate surface area is 103 Å². The van der Waals surface area contributed by atoms with Gasteiger partial charge < -0.3 is 5.73 Å². The molecule has 0 saturated carbocycles. The van der Waals surface area contributed by atoms with Crippen molar-refractivity contribution in [3.63, 3.8) is 0 Å². The fourth-order valence-corrected chi connectivity index (χ4v) is 3.39. The first-order valence-electron chi connectivity index (χ1n) is 3.71. The topological polar surface area (TPSA) is 49.8 Å². The minimum absolute atomic E-state index is 0.536. The van der Waals surface area contributed by atoms with Crippen molar-refractivity contribution in [2.45, 2.75) is 0 Å². The molecule has 0 spiro atoms. The standard InChI is InChI=1S/C9H4ClIN2S/c10-5-1-2-6(11)7-4(3-12)9(13)14-8(5)7/h1-2H,13H2. The number of fused-ring (bicyclic) bond motifs is 1. The van der Waals surface area contributed by atoms with Crippen LogP contribution in [-0.2, 0) is 0 Å². The Bertz CT molecular complexity index is 556. The lowest BCUT2D eigenvalue weighted by Crippen LogP contribution is -1.83. The van der Waals surface area contributed by atoms with E-state index in [-0.39, 0.29) is 0 Å². The molecule has 14 heavy (non-hydrogen) atoms. The minimum atomic E-state index is 0.536. The van der Waals surface area contributed by atoms with Crippen molar-refractivity contribution in [3.8, 4) is 6.07 Å². The van der Waals surface area contributed by atoms with E-state index in [0.29, 0.717) is 15.6 Å². The van der Waals surface area contributed by atoms with Crippen LogP contribution >= 0.6 is 45.5 Å². The number of nitrogen functional groups attached to an aromatic ring is 1. The number of nitrogens with two attached hydrogens (primary N) is 1. The van der Waals surface area contributed by atoms with Crippen molar-refractivity contribution >= 4 is 60.6 Å². The van der Waals surface area contributed by atoms with Gasteiger partial charge in [-0.2, -0.15) is 5.26 Å². The summed E-state index contributed by atoms with van der Waals surface area (Å²) >= 11 is 9.55. The maximum atomic E-state index is 8.95. The molecule has 0 fully saturated rings. The van der Waals surface area contributed by atoms with E-state index in [9.17, 15) is 0 Å². The summed E-state index contributed by atoms with van der Waals surface area (Å²) in [7, 11) is 0. The zero-order valence-electron chi connectivity index (χ0n) is 6.84. The summed E-state index contributed by atoms with van der Waals surface area (Å²) in [5.41, 5.74) is 6.27. The highest BCUT2D eigenvalue weighted by atomic mass is 127. The Kier molecular flexibility index (Phi) is 2.56. The lowest BCUT2D eigenvalue weighted by Gasteiger charge is -1.96. The monoisotopic (exact) mass is 334 g/mol. The summed E-state index contributed by atoms with van der Waals surface area (Å²) in [6.07, 6.45) is 0. The van der Waals surface area contributed by atoms with Crippen LogP contribution in [0.1, 0.15) is 5.56 Å². The Morgan fingerprint density at radius 1 is 1.50 bits per heavy atom. The van der Waals surface area contributed by atoms with Crippen LogP contribution in [0, 0.1) is 14.9 Å². The Morgan fingerprint density at radius 2 is 2.21 bits per heavy atom. The minimum Gasteiger partial charge on any atom is -0.389 e. The highest BCUT2D eigenvalue weighted by molar-refractivity contribution is 14.1. The number of thiophene rings is 1. The summed E-state index contributed by atoms with van der Waals surface area (Å²) in [5.74, 6) is 0. The summed E-state index contributed by atoms with van der Waals surface area (Å²) in [5, 5.41) is 11.0. The molecular formula is C9H4ClIN2S. The van der Waals surface area contributed by atoms with Crippen LogP contribution in [0.4, 0.5) is 5.00 Å². The molecule has 0 aliphatic rings. The molecule has 0 aliphatic heterocycles. The Balaban J connectivity index is 3.03. The van der Waals surface area contributed by atoms with Crippen LogP contribution in [-0.4, -0.2) is 0 Å². The average molecular weight is 335 g/mol. The molecular weight excluding hydrogens is 331 g/mol. The highest BCUT2D eigenvalue weighted by Crippen LogP contribution is 2.39. The molecule has 1 aromatic carbocycles. The molecule has 2 aromatic rings. The van der Waals surface area contributed by atoms with Gasteiger partial charge >= 0.3 is 0 Å². The number of benzene rings is 1. The Morgan fingerprint density at radius 3 is 2.86 bits per heavy atom. The van der Waals surface area contributed by atoms with Gasteiger partial charge in [0.05, 0.1) is 15.3 Å². The molecule has 2 N–H and O–H groups in total. The predicted octanol–water partition coefficient (Wildman–Crippen LogP) is 3.61. The van der Waals surface area contributed by atoms with E-state index in [1.807, 2.05) is 12.1 Å². The fraction of sp³-hybridized carbons (Fsp3) is 0. The number of hydrogen-bond donors (Lipinski definition) is 1. The van der Waals surface area contributed by atoms with Crippen molar-refractivity contribution < 1.29 is 0 Å². The number of nitrogens with zero attached hydrogens (tertiary/aromatic N) is 1. The van der Waals surface area contributed by atoms with Crippen molar-refractivity contribution in [2.75, 3.05) is 5.73 Å². The van der Waals surface area contributed by atoms with E-state index < -0.39 is 0 Å². The maximum Gasteiger partial charge on any atom is 0.105 e. The van der Waals surface area contributed by atoms with E-state index in [1.54, 1.807) is 0 Å². The first-order valence-corrected chi connectivity index (χ1v) is 5.98. The quantitative estimate of drug-likeness (QED) is 0.748. The molecule has 0 unspecified atom stereocenters. The van der Waals surface area contributed by atoms with Gasteiger partial charge in [-0.25, -0.2) is 0 Å². The zero-order chi connectivity index (χ0) is 10.3. The molecule has 1 heterocycles. The van der Waals surface area contributed by atoms with Crippen LogP contribution in [0.3, 0.4) is 0 Å². The van der Waals surface area contributed by atoms with E-state index >= 15 is 0 Å². The Hall–Kier alpha value is -0.510. The molecule has 0 atom stereocenters. The van der Waals surface area contributed by atoms with Crippen molar-refractivity contribution in [1.29, 1.82) is 5.26 Å². The van der Waals surface area contributed by atoms with Crippen molar-refractivity contribution in [3.05, 3.63) is 26.3 Å². The van der Waals surface area contributed by atoms with Gasteiger partial charge in [0.25, 0.3) is 0 Å². The van der Waals surface area contributed by atoms with Gasteiger partial charge in [0.1, 0.15) is 11.1 Å². The van der Waals surface area contributed by atoms with Crippen LogP contribution in [0.25, 0.3) is 10.1 Å². The van der Waals surface area contributed by atoms with E-state index in [2.05, 4.69) is 28.7 Å². The largest absolute Gasteiger partial charge is 0.389 e. The van der Waals surface area contributed by atoms with Crippen LogP contribution in [0.15, 0.2) is 12.1 Å². The van der Waals surface area contributed by atoms with Gasteiger partial charge in [0.15, 0.2) is 0 Å². The highest BCUT2D eigenvalue weighted by Gasteiger charge is 2.14. The third-order valence-electron chi connectivity index (χ3n) is 1.88. The van der Waals surface area contributed by atoms with Crippen LogP contribution < -0.4 is 5.73 Å². The molecule has 0 amide bonds. The molecule has 2 rings (SSSR count). The van der Waals surface area contributed by atoms with E-state index in [1.165, 1.54) is 11.3 Å². The van der Waals surface area contributed by atoms with Gasteiger partial charge in [0.2, 0.25) is 0 Å². The second kappa shape index (κ2) is 3.57. The van der Waals surface area contributed by atoms with Gasteiger partial charge in [-0.3, -0.25) is 0 Å². The van der Waals surface area contributed by atoms with Crippen molar-refractivity contribution in [1.82, 2.24) is 0 Å². The maximum absolute atomic E-state index is 8.95. The SMILES string of the molecule is N#Cc1c(N)sc2c(Cl)ccc(I)c12. The van der Waals surface area contributed by atoms with Gasteiger partial charge in [0, 0.05) is 8.96 Å². The summed E-state index contributed by atoms with van der Waals surface area (Å²) in [6.45, 7) is 0. The number of nitriles is 1.